The molecule has 21 heavy (non-hydrogen) atoms. The van der Waals surface area contributed by atoms with Crippen molar-refractivity contribution in [2.75, 3.05) is 0 Å². The molecule has 5 nitrogen and oxygen atoms in total. The van der Waals surface area contributed by atoms with Gasteiger partial charge in [-0.3, -0.25) is 0 Å². The van der Waals surface area contributed by atoms with E-state index in [4.69, 9.17) is 4.74 Å². The van der Waals surface area contributed by atoms with Gasteiger partial charge >= 0.3 is 0 Å². The summed E-state index contributed by atoms with van der Waals surface area (Å²) in [6.07, 6.45) is 4.35. The summed E-state index contributed by atoms with van der Waals surface area (Å²) < 4.78 is 5.82. The van der Waals surface area contributed by atoms with Crippen LogP contribution in [0, 0.1) is 56.2 Å². The Morgan fingerprint density at radius 1 is 0.857 bits per heavy atom. The number of hydrogen-bond donors (Lipinski definition) is 0. The Hall–Kier alpha value is -2.60. The number of rotatable bonds is 0. The third-order valence-corrected chi connectivity index (χ3v) is 5.09. The van der Waals surface area contributed by atoms with E-state index >= 15 is 0 Å². The molecule has 1 aliphatic carbocycles. The molecule has 0 unspecified atom stereocenters. The Labute approximate surface area is 123 Å². The van der Waals surface area contributed by atoms with Crippen LogP contribution < -0.4 is 0 Å². The average molecular weight is 276 g/mol. The molecule has 4 atom stereocenters. The van der Waals surface area contributed by atoms with Gasteiger partial charge in [-0.05, 0) is 25.7 Å². The Morgan fingerprint density at radius 2 is 1.29 bits per heavy atom. The van der Waals surface area contributed by atoms with Gasteiger partial charge in [-0.15, -0.1) is 0 Å². The van der Waals surface area contributed by atoms with Crippen LogP contribution in [0.2, 0.25) is 0 Å². The number of hydrogen-bond acceptors (Lipinski definition) is 5. The minimum absolute atomic E-state index is 0.344. The molecule has 2 heterocycles. The van der Waals surface area contributed by atoms with Crippen molar-refractivity contribution in [2.24, 2.45) is 10.8 Å². The smallest absolute Gasteiger partial charge is 0.109 e. The number of fused-ring (bicyclic) bond motifs is 5. The predicted molar refractivity (Wildman–Crippen MR) is 70.6 cm³/mol. The van der Waals surface area contributed by atoms with E-state index in [0.717, 1.165) is 0 Å². The van der Waals surface area contributed by atoms with Crippen molar-refractivity contribution in [3.05, 3.63) is 23.3 Å². The van der Waals surface area contributed by atoms with E-state index in [1.807, 2.05) is 12.2 Å². The van der Waals surface area contributed by atoms with E-state index in [9.17, 15) is 21.0 Å². The van der Waals surface area contributed by atoms with Crippen molar-refractivity contribution >= 4 is 0 Å². The van der Waals surface area contributed by atoms with E-state index in [1.165, 1.54) is 0 Å². The largest absolute Gasteiger partial charge is 0.363 e. The lowest BCUT2D eigenvalue weighted by atomic mass is 9.54. The molecule has 0 radical (unpaired) electrons. The van der Waals surface area contributed by atoms with E-state index in [0.29, 0.717) is 36.8 Å². The maximum absolute atomic E-state index is 9.79. The van der Waals surface area contributed by atoms with Crippen molar-refractivity contribution in [1.82, 2.24) is 0 Å². The first kappa shape index (κ1) is 13.4. The Morgan fingerprint density at radius 3 is 1.62 bits per heavy atom. The van der Waals surface area contributed by atoms with Crippen molar-refractivity contribution in [1.29, 1.82) is 21.0 Å². The molecule has 1 fully saturated rings. The number of ether oxygens (including phenoxy) is 1. The quantitative estimate of drug-likeness (QED) is 0.631. The summed E-state index contributed by atoms with van der Waals surface area (Å²) >= 11 is 0. The Balaban J connectivity index is 2.14. The third kappa shape index (κ3) is 1.45. The molecule has 3 aliphatic rings. The molecular formula is C16H12N4O. The molecule has 2 bridgehead atoms. The first-order chi connectivity index (χ1) is 10.2. The van der Waals surface area contributed by atoms with Gasteiger partial charge in [0.15, 0.2) is 0 Å². The van der Waals surface area contributed by atoms with Gasteiger partial charge in [-0.2, -0.15) is 21.0 Å². The molecule has 5 heteroatoms. The zero-order chi connectivity index (χ0) is 15.1. The van der Waals surface area contributed by atoms with Gasteiger partial charge in [0.2, 0.25) is 0 Å². The van der Waals surface area contributed by atoms with Crippen LogP contribution >= 0.6 is 0 Å². The summed E-state index contributed by atoms with van der Waals surface area (Å²) in [5.41, 5.74) is -0.982. The topological polar surface area (TPSA) is 104 Å². The molecular weight excluding hydrogens is 264 g/mol. The zero-order valence-corrected chi connectivity index (χ0v) is 11.3. The Kier molecular flexibility index (Phi) is 2.84. The van der Waals surface area contributed by atoms with Gasteiger partial charge in [-0.1, -0.05) is 12.2 Å². The van der Waals surface area contributed by atoms with Crippen LogP contribution in [-0.2, 0) is 4.74 Å². The van der Waals surface area contributed by atoms with Crippen molar-refractivity contribution in [2.45, 2.75) is 37.9 Å². The van der Waals surface area contributed by atoms with Crippen LogP contribution in [0.5, 0.6) is 0 Å². The van der Waals surface area contributed by atoms with Gasteiger partial charge in [0.1, 0.15) is 10.8 Å². The van der Waals surface area contributed by atoms with Gasteiger partial charge in [0.05, 0.1) is 36.5 Å². The molecule has 0 N–H and O–H groups in total. The van der Waals surface area contributed by atoms with Crippen LogP contribution in [-0.4, -0.2) is 12.2 Å². The van der Waals surface area contributed by atoms with Gasteiger partial charge in [0, 0.05) is 11.1 Å². The SMILES string of the molecule is N#C/C1=C(/C#N)CC[C@]2(C#N)[C@@H]3C=C[C@H](O3)[C@]2(C#N)CC1. The minimum atomic E-state index is -0.926. The molecule has 3 rings (SSSR count). The summed E-state index contributed by atoms with van der Waals surface area (Å²) in [4.78, 5) is 0. The fourth-order valence-electron chi connectivity index (χ4n) is 3.88. The van der Waals surface area contributed by atoms with Gasteiger partial charge in [-0.25, -0.2) is 0 Å². The molecule has 0 saturated carbocycles. The summed E-state index contributed by atoms with van der Waals surface area (Å²) in [7, 11) is 0. The van der Waals surface area contributed by atoms with Gasteiger partial charge < -0.3 is 4.74 Å². The molecule has 0 aromatic heterocycles. The second-order valence-electron chi connectivity index (χ2n) is 5.71. The lowest BCUT2D eigenvalue weighted by Gasteiger charge is -2.41. The molecule has 0 spiro atoms. The highest BCUT2D eigenvalue weighted by molar-refractivity contribution is 5.43. The van der Waals surface area contributed by atoms with Crippen LogP contribution in [0.4, 0.5) is 0 Å². The van der Waals surface area contributed by atoms with Crippen LogP contribution in [0.25, 0.3) is 0 Å². The van der Waals surface area contributed by atoms with Crippen molar-refractivity contribution in [3.63, 3.8) is 0 Å². The normalized spacial score (nSPS) is 43.6. The fourth-order valence-corrected chi connectivity index (χ4v) is 3.88. The van der Waals surface area contributed by atoms with Crippen molar-refractivity contribution < 1.29 is 4.74 Å². The first-order valence-corrected chi connectivity index (χ1v) is 6.86. The summed E-state index contributed by atoms with van der Waals surface area (Å²) in [5, 5.41) is 38.0. The molecule has 102 valence electrons. The van der Waals surface area contributed by atoms with E-state index in [1.54, 1.807) is 0 Å². The number of allylic oxidation sites excluding steroid dienone is 2. The molecule has 2 aliphatic heterocycles. The van der Waals surface area contributed by atoms with E-state index in [2.05, 4.69) is 24.3 Å². The maximum Gasteiger partial charge on any atom is 0.109 e. The predicted octanol–water partition coefficient (Wildman–Crippen LogP) is 2.26. The highest BCUT2D eigenvalue weighted by Gasteiger charge is 2.68. The molecule has 0 aromatic carbocycles. The second kappa shape index (κ2) is 4.46. The maximum atomic E-state index is 9.79. The van der Waals surface area contributed by atoms with Crippen molar-refractivity contribution in [3.8, 4) is 24.3 Å². The zero-order valence-electron chi connectivity index (χ0n) is 11.3. The number of nitrogens with zero attached hydrogens (tertiary/aromatic N) is 4. The van der Waals surface area contributed by atoms with Crippen LogP contribution in [0.15, 0.2) is 23.3 Å². The molecule has 0 amide bonds. The summed E-state index contributed by atoms with van der Waals surface area (Å²) in [5.74, 6) is 0. The van der Waals surface area contributed by atoms with E-state index in [-0.39, 0.29) is 0 Å². The summed E-state index contributed by atoms with van der Waals surface area (Å²) in [6.45, 7) is 0. The van der Waals surface area contributed by atoms with E-state index < -0.39 is 23.0 Å². The fraction of sp³-hybridized carbons (Fsp3) is 0.500. The van der Waals surface area contributed by atoms with Crippen LogP contribution in [0.1, 0.15) is 25.7 Å². The molecule has 1 saturated heterocycles. The van der Waals surface area contributed by atoms with Crippen LogP contribution in [0.3, 0.4) is 0 Å². The standard InChI is InChI=1S/C16H12N4O/c17-7-11-3-5-15(9-19)13-1-2-14(21-13)16(15,10-20)6-4-12(11)8-18/h1-2,13-14H,3-6H2/b12-11+/t13-,14-,15-,16+/m0/s1. The first-order valence-electron chi connectivity index (χ1n) is 6.86. The highest BCUT2D eigenvalue weighted by Crippen LogP contribution is 2.62. The lowest BCUT2D eigenvalue weighted by Crippen LogP contribution is -2.47. The second-order valence-corrected chi connectivity index (χ2v) is 5.71. The highest BCUT2D eigenvalue weighted by atomic mass is 16.5. The third-order valence-electron chi connectivity index (χ3n) is 5.09. The number of nitriles is 4. The van der Waals surface area contributed by atoms with Gasteiger partial charge in [0.25, 0.3) is 0 Å². The lowest BCUT2D eigenvalue weighted by molar-refractivity contribution is 0.0898. The summed E-state index contributed by atoms with van der Waals surface area (Å²) in [6, 6.07) is 8.82. The average Bonchev–Trinajstić information content (AvgIpc) is 3.07. The minimum Gasteiger partial charge on any atom is -0.363 e. The Bertz CT molecular complexity index is 663. The molecule has 0 aromatic rings. The monoisotopic (exact) mass is 276 g/mol.